The number of methoxy groups -OCH3 is 1. The number of rotatable bonds is 1. The molecule has 0 unspecified atom stereocenters. The van der Waals surface area contributed by atoms with E-state index in [9.17, 15) is 13.0 Å². The van der Waals surface area contributed by atoms with Crippen LogP contribution in [0.5, 0.6) is 0 Å². The molecular formula is C8H18N2O4S. The van der Waals surface area contributed by atoms with Gasteiger partial charge in [0.15, 0.2) is 0 Å². The molecular weight excluding hydrogens is 220 g/mol. The number of hydrogen-bond donors (Lipinski definition) is 1. The van der Waals surface area contributed by atoms with Gasteiger partial charge in [-0.3, -0.25) is 4.98 Å². The summed E-state index contributed by atoms with van der Waals surface area (Å²) in [6.07, 6.45) is 5.69. The number of aryl methyl sites for hydroxylation is 1. The number of aromatic nitrogens is 2. The number of nitrogens with zero attached hydrogens (tertiary/aromatic N) is 1. The maximum Gasteiger partial charge on any atom is 0.241 e. The summed E-state index contributed by atoms with van der Waals surface area (Å²) < 4.78 is 34.5. The first-order valence-electron chi connectivity index (χ1n) is 4.19. The molecule has 0 radical (unpaired) electrons. The highest BCUT2D eigenvalue weighted by Crippen LogP contribution is 1.73. The highest BCUT2D eigenvalue weighted by Gasteiger charge is 1.80. The van der Waals surface area contributed by atoms with Crippen LogP contribution < -0.4 is 4.57 Å². The van der Waals surface area contributed by atoms with Crippen molar-refractivity contribution in [2.75, 3.05) is 20.0 Å². The summed E-state index contributed by atoms with van der Waals surface area (Å²) in [7, 11) is 1.31. The molecule has 0 amide bonds. The third-order valence-electron chi connectivity index (χ3n) is 1.04. The van der Waals surface area contributed by atoms with Crippen LogP contribution in [0.2, 0.25) is 0 Å². The summed E-state index contributed by atoms with van der Waals surface area (Å²) in [6, 6.07) is 0. The number of H-pyrrole nitrogens is 1. The zero-order valence-electron chi connectivity index (χ0n) is 9.43. The van der Waals surface area contributed by atoms with Gasteiger partial charge < -0.3 is 9.29 Å². The van der Waals surface area contributed by atoms with Gasteiger partial charge in [0.25, 0.3) is 0 Å². The molecule has 0 saturated carbocycles. The standard InChI is InChI=1S/C4H6N2.C2H6O3S.C2H6O/c1-6-3-2-5-4-6;1-2-6(3,4)5;1-3-2/h2-4H,1H3;2H2,1H3,(H,3,4,5);1-2H3. The Morgan fingerprint density at radius 3 is 1.93 bits per heavy atom. The van der Waals surface area contributed by atoms with E-state index < -0.39 is 10.1 Å². The van der Waals surface area contributed by atoms with E-state index in [1.807, 2.05) is 30.3 Å². The van der Waals surface area contributed by atoms with E-state index in [4.69, 9.17) is 0 Å². The second-order valence-electron chi connectivity index (χ2n) is 2.53. The van der Waals surface area contributed by atoms with Crippen LogP contribution in [0.25, 0.3) is 0 Å². The van der Waals surface area contributed by atoms with Crippen LogP contribution >= 0.6 is 0 Å². The van der Waals surface area contributed by atoms with E-state index in [0.29, 0.717) is 0 Å². The molecule has 0 fully saturated rings. The number of hydrogen-bond acceptors (Lipinski definition) is 4. The van der Waals surface area contributed by atoms with Gasteiger partial charge >= 0.3 is 0 Å². The molecule has 6 nitrogen and oxygen atoms in total. The molecule has 1 rings (SSSR count). The van der Waals surface area contributed by atoms with Gasteiger partial charge in [-0.05, 0) is 0 Å². The lowest BCUT2D eigenvalue weighted by Gasteiger charge is -1.97. The Labute approximate surface area is 90.6 Å². The minimum absolute atomic E-state index is 0.312. The van der Waals surface area contributed by atoms with Crippen molar-refractivity contribution in [3.8, 4) is 0 Å². The van der Waals surface area contributed by atoms with Crippen molar-refractivity contribution in [2.24, 2.45) is 7.05 Å². The fourth-order valence-electron chi connectivity index (χ4n) is 0.364. The normalized spacial score (nSPS) is 9.40. The van der Waals surface area contributed by atoms with Crippen molar-refractivity contribution in [1.82, 2.24) is 4.98 Å². The van der Waals surface area contributed by atoms with Crippen molar-refractivity contribution in [2.45, 2.75) is 6.92 Å². The van der Waals surface area contributed by atoms with Crippen LogP contribution in [0.15, 0.2) is 18.7 Å². The molecule has 90 valence electrons. The predicted molar refractivity (Wildman–Crippen MR) is 55.1 cm³/mol. The number of nitrogens with one attached hydrogen (secondary N) is 1. The molecule has 0 aliphatic carbocycles. The maximum absolute atomic E-state index is 9.44. The molecule has 0 saturated heterocycles. The summed E-state index contributed by atoms with van der Waals surface area (Å²) in [6.45, 7) is 1.31. The molecule has 15 heavy (non-hydrogen) atoms. The lowest BCUT2D eigenvalue weighted by Crippen LogP contribution is -2.22. The summed E-state index contributed by atoms with van der Waals surface area (Å²) >= 11 is 0. The zero-order chi connectivity index (χ0) is 12.3. The molecule has 0 bridgehead atoms. The van der Waals surface area contributed by atoms with Crippen LogP contribution in [-0.4, -0.2) is 37.9 Å². The number of ether oxygens (including phenoxy) is 1. The minimum Gasteiger partial charge on any atom is -0.748 e. The van der Waals surface area contributed by atoms with Gasteiger partial charge in [-0.25, -0.2) is 13.0 Å². The van der Waals surface area contributed by atoms with Crippen LogP contribution in [0, 0.1) is 0 Å². The lowest BCUT2D eigenvalue weighted by molar-refractivity contribution is -0.670. The molecule has 1 aromatic heterocycles. The second-order valence-corrected chi connectivity index (χ2v) is 4.22. The Morgan fingerprint density at radius 1 is 1.47 bits per heavy atom. The fourth-order valence-corrected chi connectivity index (χ4v) is 0.364. The van der Waals surface area contributed by atoms with Gasteiger partial charge in [0.2, 0.25) is 6.33 Å². The van der Waals surface area contributed by atoms with Crippen LogP contribution in [-0.2, 0) is 21.9 Å². The van der Waals surface area contributed by atoms with Crippen molar-refractivity contribution in [3.63, 3.8) is 0 Å². The van der Waals surface area contributed by atoms with Gasteiger partial charge in [0.1, 0.15) is 12.4 Å². The summed E-state index contributed by atoms with van der Waals surface area (Å²) in [5.74, 6) is -0.312. The third-order valence-corrected chi connectivity index (χ3v) is 1.74. The predicted octanol–water partition coefficient (Wildman–Crippen LogP) is -0.347. The monoisotopic (exact) mass is 238 g/mol. The Balaban J connectivity index is 0. The average molecular weight is 238 g/mol. The lowest BCUT2D eigenvalue weighted by atomic mass is 10.9. The zero-order valence-corrected chi connectivity index (χ0v) is 10.2. The van der Waals surface area contributed by atoms with Gasteiger partial charge in [-0.1, -0.05) is 6.92 Å². The van der Waals surface area contributed by atoms with E-state index >= 15 is 0 Å². The minimum atomic E-state index is -3.91. The molecule has 0 atom stereocenters. The van der Waals surface area contributed by atoms with E-state index in [0.717, 1.165) is 0 Å². The fraction of sp³-hybridized carbons (Fsp3) is 0.625. The highest BCUT2D eigenvalue weighted by atomic mass is 32.2. The molecule has 7 heteroatoms. The smallest absolute Gasteiger partial charge is 0.241 e. The topological polar surface area (TPSA) is 86.1 Å². The van der Waals surface area contributed by atoms with E-state index in [1.54, 1.807) is 14.2 Å². The van der Waals surface area contributed by atoms with Gasteiger partial charge in [0.05, 0.1) is 17.2 Å². The SMILES string of the molecule is CCS(=O)(=O)[O-].COC.C[n+]1cc[nH]c1. The summed E-state index contributed by atoms with van der Waals surface area (Å²) in [5, 5.41) is 0. The molecule has 1 heterocycles. The van der Waals surface area contributed by atoms with Gasteiger partial charge in [-0.2, -0.15) is 0 Å². The Morgan fingerprint density at radius 2 is 1.87 bits per heavy atom. The van der Waals surface area contributed by atoms with E-state index in [-0.39, 0.29) is 5.75 Å². The van der Waals surface area contributed by atoms with Crippen molar-refractivity contribution >= 4 is 10.1 Å². The van der Waals surface area contributed by atoms with Crippen molar-refractivity contribution in [3.05, 3.63) is 18.7 Å². The Hall–Kier alpha value is -0.920. The number of imidazole rings is 1. The van der Waals surface area contributed by atoms with E-state index in [1.165, 1.54) is 6.92 Å². The van der Waals surface area contributed by atoms with E-state index in [2.05, 4.69) is 9.72 Å². The molecule has 0 aromatic carbocycles. The average Bonchev–Trinajstić information content (AvgIpc) is 2.57. The maximum atomic E-state index is 9.44. The quantitative estimate of drug-likeness (QED) is 0.535. The summed E-state index contributed by atoms with van der Waals surface area (Å²) in [5.41, 5.74) is 0. The molecule has 0 aliphatic rings. The Bertz CT molecular complexity index is 307. The highest BCUT2D eigenvalue weighted by molar-refractivity contribution is 7.85. The van der Waals surface area contributed by atoms with Crippen molar-refractivity contribution in [1.29, 1.82) is 0 Å². The number of aromatic amines is 1. The molecule has 1 N–H and O–H groups in total. The van der Waals surface area contributed by atoms with Crippen LogP contribution in [0.3, 0.4) is 0 Å². The largest absolute Gasteiger partial charge is 0.748 e. The first kappa shape index (κ1) is 16.5. The first-order valence-corrected chi connectivity index (χ1v) is 5.76. The second kappa shape index (κ2) is 9.63. The van der Waals surface area contributed by atoms with Gasteiger partial charge in [0, 0.05) is 20.0 Å². The third kappa shape index (κ3) is 19.5. The molecule has 1 aromatic rings. The summed E-state index contributed by atoms with van der Waals surface area (Å²) in [4.78, 5) is 2.89. The van der Waals surface area contributed by atoms with Gasteiger partial charge in [-0.15, -0.1) is 0 Å². The van der Waals surface area contributed by atoms with Crippen LogP contribution in [0.1, 0.15) is 6.92 Å². The molecule has 0 aliphatic heterocycles. The Kier molecular flexibility index (Phi) is 10.6. The van der Waals surface area contributed by atoms with Crippen LogP contribution in [0.4, 0.5) is 0 Å². The van der Waals surface area contributed by atoms with Crippen molar-refractivity contribution < 1.29 is 22.3 Å². The first-order chi connectivity index (χ1) is 6.87. The molecule has 0 spiro atoms.